The number of carbonyl (C=O) groups is 1. The van der Waals surface area contributed by atoms with Crippen LogP contribution in [0, 0.1) is 0 Å². The maximum absolute atomic E-state index is 12.6. The molecule has 1 aromatic carbocycles. The molecule has 0 bridgehead atoms. The largest absolute Gasteiger partial charge is 0.335 e. The van der Waals surface area contributed by atoms with Crippen LogP contribution in [0.3, 0.4) is 0 Å². The van der Waals surface area contributed by atoms with E-state index >= 15 is 0 Å². The van der Waals surface area contributed by atoms with E-state index in [1.54, 1.807) is 23.1 Å². The first-order chi connectivity index (χ1) is 11.0. The number of rotatable bonds is 3. The topological polar surface area (TPSA) is 57.7 Å². The first-order valence-electron chi connectivity index (χ1n) is 7.07. The second kappa shape index (κ2) is 6.60. The lowest BCUT2D eigenvalue weighted by molar-refractivity contribution is 0.0703. The van der Waals surface area contributed by atoms with Crippen molar-refractivity contribution < 1.29 is 13.2 Å². The lowest BCUT2D eigenvalue weighted by atomic mass is 10.3. The fourth-order valence-corrected chi connectivity index (χ4v) is 4.88. The predicted octanol–water partition coefficient (Wildman–Crippen LogP) is 2.55. The average molecular weight is 371 g/mol. The molecule has 0 radical (unpaired) electrons. The third kappa shape index (κ3) is 3.42. The lowest BCUT2D eigenvalue weighted by Gasteiger charge is -2.33. The zero-order valence-corrected chi connectivity index (χ0v) is 14.6. The number of thiophene rings is 1. The van der Waals surface area contributed by atoms with Crippen molar-refractivity contribution in [2.24, 2.45) is 0 Å². The van der Waals surface area contributed by atoms with Crippen LogP contribution in [0.5, 0.6) is 0 Å². The molecule has 1 aromatic heterocycles. The van der Waals surface area contributed by atoms with Crippen molar-refractivity contribution in [3.8, 4) is 0 Å². The summed E-state index contributed by atoms with van der Waals surface area (Å²) in [4.78, 5) is 14.8. The van der Waals surface area contributed by atoms with Crippen LogP contribution in [0.15, 0.2) is 46.7 Å². The molecule has 0 saturated carbocycles. The van der Waals surface area contributed by atoms with E-state index in [1.165, 1.54) is 27.8 Å². The Bertz CT molecular complexity index is 798. The molecule has 0 spiro atoms. The predicted molar refractivity (Wildman–Crippen MR) is 90.4 cm³/mol. The molecule has 5 nitrogen and oxygen atoms in total. The van der Waals surface area contributed by atoms with E-state index in [-0.39, 0.29) is 23.9 Å². The number of hydrogen-bond acceptors (Lipinski definition) is 4. The molecule has 2 heterocycles. The van der Waals surface area contributed by atoms with Crippen molar-refractivity contribution in [3.63, 3.8) is 0 Å². The Balaban J connectivity index is 1.70. The molecule has 0 unspecified atom stereocenters. The molecule has 1 aliphatic heterocycles. The third-order valence-electron chi connectivity index (χ3n) is 3.69. The highest BCUT2D eigenvalue weighted by molar-refractivity contribution is 7.89. The highest BCUT2D eigenvalue weighted by Crippen LogP contribution is 2.21. The van der Waals surface area contributed by atoms with Gasteiger partial charge in [-0.1, -0.05) is 23.7 Å². The molecule has 0 aliphatic carbocycles. The Morgan fingerprint density at radius 2 is 1.83 bits per heavy atom. The SMILES string of the molecule is O=C(c1cccs1)N1CCN(S(=O)(=O)c2cccc(Cl)c2)CC1. The lowest BCUT2D eigenvalue weighted by Crippen LogP contribution is -2.50. The summed E-state index contributed by atoms with van der Waals surface area (Å²) in [6.45, 7) is 1.34. The number of benzene rings is 1. The molecule has 1 saturated heterocycles. The van der Waals surface area contributed by atoms with E-state index in [2.05, 4.69) is 0 Å². The third-order valence-corrected chi connectivity index (χ3v) is 6.68. The van der Waals surface area contributed by atoms with E-state index in [0.717, 1.165) is 0 Å². The molecule has 1 aliphatic rings. The fourth-order valence-electron chi connectivity index (χ4n) is 2.46. The summed E-state index contributed by atoms with van der Waals surface area (Å²) < 4.78 is 26.6. The van der Waals surface area contributed by atoms with Gasteiger partial charge in [0, 0.05) is 31.2 Å². The first kappa shape index (κ1) is 16.4. The first-order valence-corrected chi connectivity index (χ1v) is 9.77. The standard InChI is InChI=1S/C15H15ClN2O3S2/c16-12-3-1-4-13(11-12)23(20,21)18-8-6-17(7-9-18)15(19)14-5-2-10-22-14/h1-5,10-11H,6-9H2. The minimum Gasteiger partial charge on any atom is -0.335 e. The zero-order chi connectivity index (χ0) is 16.4. The van der Waals surface area contributed by atoms with Gasteiger partial charge in [-0.05, 0) is 29.6 Å². The van der Waals surface area contributed by atoms with E-state index in [9.17, 15) is 13.2 Å². The molecule has 1 amide bonds. The second-order valence-electron chi connectivity index (χ2n) is 5.13. The van der Waals surface area contributed by atoms with Crippen molar-refractivity contribution in [1.29, 1.82) is 0 Å². The van der Waals surface area contributed by atoms with E-state index < -0.39 is 10.0 Å². The van der Waals surface area contributed by atoms with Crippen LogP contribution in [-0.2, 0) is 10.0 Å². The van der Waals surface area contributed by atoms with Crippen LogP contribution in [0.2, 0.25) is 5.02 Å². The number of carbonyl (C=O) groups excluding carboxylic acids is 1. The maximum Gasteiger partial charge on any atom is 0.264 e. The molecular weight excluding hydrogens is 356 g/mol. The van der Waals surface area contributed by atoms with Gasteiger partial charge in [0.15, 0.2) is 0 Å². The minimum absolute atomic E-state index is 0.0418. The summed E-state index contributed by atoms with van der Waals surface area (Å²) >= 11 is 7.27. The van der Waals surface area contributed by atoms with E-state index in [1.807, 2.05) is 11.4 Å². The quantitative estimate of drug-likeness (QED) is 0.834. The van der Waals surface area contributed by atoms with Gasteiger partial charge < -0.3 is 4.90 Å². The summed E-state index contributed by atoms with van der Waals surface area (Å²) in [7, 11) is -3.57. The molecular formula is C15H15ClN2O3S2. The van der Waals surface area contributed by atoms with Gasteiger partial charge in [0.05, 0.1) is 9.77 Å². The molecule has 0 atom stereocenters. The van der Waals surface area contributed by atoms with Crippen LogP contribution >= 0.6 is 22.9 Å². The van der Waals surface area contributed by atoms with Gasteiger partial charge in [0.1, 0.15) is 0 Å². The van der Waals surface area contributed by atoms with Gasteiger partial charge in [0.25, 0.3) is 5.91 Å². The summed E-state index contributed by atoms with van der Waals surface area (Å²) in [5.74, 6) is -0.0418. The van der Waals surface area contributed by atoms with E-state index in [4.69, 9.17) is 11.6 Å². The average Bonchev–Trinajstić information content (AvgIpc) is 3.09. The number of hydrogen-bond donors (Lipinski definition) is 0. The highest BCUT2D eigenvalue weighted by Gasteiger charge is 2.30. The zero-order valence-electron chi connectivity index (χ0n) is 12.2. The van der Waals surface area contributed by atoms with Crippen LogP contribution < -0.4 is 0 Å². The van der Waals surface area contributed by atoms with Gasteiger partial charge in [-0.3, -0.25) is 4.79 Å². The van der Waals surface area contributed by atoms with Crippen LogP contribution in [-0.4, -0.2) is 49.7 Å². The van der Waals surface area contributed by atoms with Crippen molar-refractivity contribution >= 4 is 38.9 Å². The summed E-state index contributed by atoms with van der Waals surface area (Å²) in [6, 6.07) is 9.84. The smallest absolute Gasteiger partial charge is 0.264 e. The van der Waals surface area contributed by atoms with Crippen LogP contribution in [0.25, 0.3) is 0 Å². The van der Waals surface area contributed by atoms with Crippen molar-refractivity contribution in [2.45, 2.75) is 4.90 Å². The molecule has 0 N–H and O–H groups in total. The summed E-state index contributed by atoms with van der Waals surface area (Å²) in [5, 5.41) is 2.24. The molecule has 3 rings (SSSR count). The maximum atomic E-state index is 12.6. The van der Waals surface area contributed by atoms with Gasteiger partial charge in [-0.2, -0.15) is 4.31 Å². The summed E-state index contributed by atoms with van der Waals surface area (Å²) in [5.41, 5.74) is 0. The Kier molecular flexibility index (Phi) is 4.72. The number of piperazine rings is 1. The van der Waals surface area contributed by atoms with E-state index in [0.29, 0.717) is 23.0 Å². The Morgan fingerprint density at radius 3 is 2.43 bits per heavy atom. The summed E-state index contributed by atoms with van der Waals surface area (Å²) in [6.07, 6.45) is 0. The number of halogens is 1. The second-order valence-corrected chi connectivity index (χ2v) is 8.45. The van der Waals surface area contributed by atoms with Crippen LogP contribution in [0.1, 0.15) is 9.67 Å². The normalized spacial score (nSPS) is 16.5. The van der Waals surface area contributed by atoms with Gasteiger partial charge >= 0.3 is 0 Å². The number of amides is 1. The van der Waals surface area contributed by atoms with Crippen LogP contribution in [0.4, 0.5) is 0 Å². The highest BCUT2D eigenvalue weighted by atomic mass is 35.5. The van der Waals surface area contributed by atoms with Crippen molar-refractivity contribution in [3.05, 3.63) is 51.7 Å². The monoisotopic (exact) mass is 370 g/mol. The molecule has 1 fully saturated rings. The Labute approximate surface area is 144 Å². The Morgan fingerprint density at radius 1 is 1.09 bits per heavy atom. The van der Waals surface area contributed by atoms with Crippen molar-refractivity contribution in [2.75, 3.05) is 26.2 Å². The van der Waals surface area contributed by atoms with Gasteiger partial charge in [-0.25, -0.2) is 8.42 Å². The van der Waals surface area contributed by atoms with Gasteiger partial charge in [0.2, 0.25) is 10.0 Å². The number of nitrogens with zero attached hydrogens (tertiary/aromatic N) is 2. The molecule has 8 heteroatoms. The molecule has 122 valence electrons. The number of sulfonamides is 1. The van der Waals surface area contributed by atoms with Crippen molar-refractivity contribution in [1.82, 2.24) is 9.21 Å². The molecule has 2 aromatic rings. The fraction of sp³-hybridized carbons (Fsp3) is 0.267. The van der Waals surface area contributed by atoms with Gasteiger partial charge in [-0.15, -0.1) is 11.3 Å². The molecule has 23 heavy (non-hydrogen) atoms. The Hall–Kier alpha value is -1.41. The minimum atomic E-state index is -3.57.